The molecule has 0 radical (unpaired) electrons. The number of carbonyl (C=O) groups excluding carboxylic acids is 2. The maximum absolute atomic E-state index is 12.5. The summed E-state index contributed by atoms with van der Waals surface area (Å²) < 4.78 is 11.2. The van der Waals surface area contributed by atoms with Crippen LogP contribution in [0.2, 0.25) is 0 Å². The van der Waals surface area contributed by atoms with Crippen LogP contribution in [-0.2, 0) is 9.59 Å². The van der Waals surface area contributed by atoms with Crippen molar-refractivity contribution in [3.8, 4) is 11.5 Å². The number of ether oxygens (including phenoxy) is 2. The first-order chi connectivity index (χ1) is 12.0. The molecule has 136 valence electrons. The minimum absolute atomic E-state index is 0.0358. The number of hydrogen-bond acceptors (Lipinski definition) is 5. The Morgan fingerprint density at radius 2 is 2.04 bits per heavy atom. The number of benzene rings is 1. The number of fused-ring (bicyclic) bond motifs is 1. The van der Waals surface area contributed by atoms with Crippen molar-refractivity contribution in [3.05, 3.63) is 23.8 Å². The third-order valence-electron chi connectivity index (χ3n) is 4.39. The molecule has 0 aromatic heterocycles. The lowest BCUT2D eigenvalue weighted by Gasteiger charge is -2.28. The number of hydrogen-bond donors (Lipinski definition) is 2. The highest BCUT2D eigenvalue weighted by molar-refractivity contribution is 5.82. The fourth-order valence-corrected chi connectivity index (χ4v) is 3.14. The van der Waals surface area contributed by atoms with Crippen LogP contribution < -0.4 is 20.1 Å². The van der Waals surface area contributed by atoms with E-state index in [-0.39, 0.29) is 36.9 Å². The maximum Gasteiger partial charge on any atom is 0.234 e. The molecule has 1 aromatic carbocycles. The van der Waals surface area contributed by atoms with E-state index in [1.165, 1.54) is 0 Å². The smallest absolute Gasteiger partial charge is 0.234 e. The van der Waals surface area contributed by atoms with E-state index < -0.39 is 0 Å². The highest BCUT2D eigenvalue weighted by atomic mass is 16.6. The molecule has 1 atom stereocenters. The topological polar surface area (TPSA) is 79.9 Å². The van der Waals surface area contributed by atoms with Gasteiger partial charge in [-0.25, -0.2) is 0 Å². The molecule has 2 aliphatic heterocycles. The summed E-state index contributed by atoms with van der Waals surface area (Å²) >= 11 is 0. The normalized spacial score (nSPS) is 18.6. The van der Waals surface area contributed by atoms with Gasteiger partial charge in [-0.05, 0) is 23.6 Å². The Balaban J connectivity index is 1.66. The lowest BCUT2D eigenvalue weighted by Crippen LogP contribution is -2.51. The van der Waals surface area contributed by atoms with Crippen LogP contribution in [0.4, 0.5) is 0 Å². The molecule has 7 heteroatoms. The first-order valence-corrected chi connectivity index (χ1v) is 8.71. The summed E-state index contributed by atoms with van der Waals surface area (Å²) in [6.45, 7) is 6.99. The van der Waals surface area contributed by atoms with E-state index in [0.29, 0.717) is 26.3 Å². The van der Waals surface area contributed by atoms with E-state index in [4.69, 9.17) is 9.47 Å². The molecule has 1 fully saturated rings. The van der Waals surface area contributed by atoms with E-state index in [2.05, 4.69) is 24.5 Å². The van der Waals surface area contributed by atoms with Crippen LogP contribution in [-0.4, -0.2) is 56.1 Å². The Kier molecular flexibility index (Phi) is 5.43. The fourth-order valence-electron chi connectivity index (χ4n) is 3.14. The Bertz CT molecular complexity index is 647. The second-order valence-corrected chi connectivity index (χ2v) is 6.75. The average Bonchev–Trinajstić information content (AvgIpc) is 2.59. The SMILES string of the molecule is CC(C)[C@H](NC(=O)CN1CCNC(=O)C1)c1ccc2c(c1)OCCO2. The average molecular weight is 347 g/mol. The van der Waals surface area contributed by atoms with Crippen LogP contribution in [0.5, 0.6) is 11.5 Å². The summed E-state index contributed by atoms with van der Waals surface area (Å²) in [5, 5.41) is 5.85. The largest absolute Gasteiger partial charge is 0.486 e. The van der Waals surface area contributed by atoms with Crippen LogP contribution in [0.25, 0.3) is 0 Å². The molecular formula is C18H25N3O4. The molecule has 2 N–H and O–H groups in total. The van der Waals surface area contributed by atoms with E-state index in [0.717, 1.165) is 17.1 Å². The van der Waals surface area contributed by atoms with E-state index in [1.54, 1.807) is 0 Å². The summed E-state index contributed by atoms with van der Waals surface area (Å²) in [7, 11) is 0. The molecule has 0 aliphatic carbocycles. The van der Waals surface area contributed by atoms with Gasteiger partial charge in [0, 0.05) is 13.1 Å². The summed E-state index contributed by atoms with van der Waals surface area (Å²) in [5.74, 6) is 1.56. The van der Waals surface area contributed by atoms with Gasteiger partial charge in [0.1, 0.15) is 13.2 Å². The maximum atomic E-state index is 12.5. The minimum atomic E-state index is -0.123. The molecule has 2 aliphatic rings. The second-order valence-electron chi connectivity index (χ2n) is 6.75. The molecule has 0 saturated carbocycles. The third kappa shape index (κ3) is 4.42. The molecule has 0 unspecified atom stereocenters. The van der Waals surface area contributed by atoms with Gasteiger partial charge in [-0.15, -0.1) is 0 Å². The second kappa shape index (κ2) is 7.74. The predicted molar refractivity (Wildman–Crippen MR) is 92.6 cm³/mol. The molecular weight excluding hydrogens is 322 g/mol. The molecule has 1 aromatic rings. The van der Waals surface area contributed by atoms with Gasteiger partial charge in [0.2, 0.25) is 11.8 Å². The van der Waals surface area contributed by atoms with Crippen molar-refractivity contribution in [3.63, 3.8) is 0 Å². The fraction of sp³-hybridized carbons (Fsp3) is 0.556. The number of rotatable bonds is 5. The van der Waals surface area contributed by atoms with Gasteiger partial charge in [0.05, 0.1) is 19.1 Å². The Labute approximate surface area is 147 Å². The van der Waals surface area contributed by atoms with E-state index in [9.17, 15) is 9.59 Å². The Morgan fingerprint density at radius 1 is 1.28 bits per heavy atom. The molecule has 1 saturated heterocycles. The monoisotopic (exact) mass is 347 g/mol. The van der Waals surface area contributed by atoms with Crippen molar-refractivity contribution in [2.24, 2.45) is 5.92 Å². The molecule has 2 heterocycles. The lowest BCUT2D eigenvalue weighted by atomic mass is 9.95. The zero-order chi connectivity index (χ0) is 17.8. The van der Waals surface area contributed by atoms with Gasteiger partial charge in [-0.1, -0.05) is 19.9 Å². The quantitative estimate of drug-likeness (QED) is 0.820. The number of carbonyl (C=O) groups is 2. The summed E-state index contributed by atoms with van der Waals surface area (Å²) in [6.07, 6.45) is 0. The minimum Gasteiger partial charge on any atom is -0.486 e. The summed E-state index contributed by atoms with van der Waals surface area (Å²) in [4.78, 5) is 25.7. The van der Waals surface area contributed by atoms with E-state index >= 15 is 0 Å². The standard InChI is InChI=1S/C18H25N3O4/c1-12(2)18(13-3-4-14-15(9-13)25-8-7-24-14)20-17(23)11-21-6-5-19-16(22)10-21/h3-4,9,12,18H,5-8,10-11H2,1-2H3,(H,19,22)(H,20,23)/t18-/m0/s1. The van der Waals surface area contributed by atoms with Gasteiger partial charge in [0.25, 0.3) is 0 Å². The third-order valence-corrected chi connectivity index (χ3v) is 4.39. The Hall–Kier alpha value is -2.28. The summed E-state index contributed by atoms with van der Waals surface area (Å²) in [6, 6.07) is 5.67. The van der Waals surface area contributed by atoms with Gasteiger partial charge >= 0.3 is 0 Å². The van der Waals surface area contributed by atoms with Crippen molar-refractivity contribution >= 4 is 11.8 Å². The van der Waals surface area contributed by atoms with Crippen LogP contribution >= 0.6 is 0 Å². The van der Waals surface area contributed by atoms with E-state index in [1.807, 2.05) is 23.1 Å². The molecule has 3 rings (SSSR count). The lowest BCUT2D eigenvalue weighted by molar-refractivity contribution is -0.127. The molecule has 2 amide bonds. The van der Waals surface area contributed by atoms with Crippen molar-refractivity contribution in [2.45, 2.75) is 19.9 Å². The van der Waals surface area contributed by atoms with Crippen molar-refractivity contribution in [1.29, 1.82) is 0 Å². The van der Waals surface area contributed by atoms with Crippen LogP contribution in [0, 0.1) is 5.92 Å². The summed E-state index contributed by atoms with van der Waals surface area (Å²) in [5.41, 5.74) is 0.990. The molecule has 0 bridgehead atoms. The van der Waals surface area contributed by atoms with Crippen molar-refractivity contribution < 1.29 is 19.1 Å². The number of nitrogens with zero attached hydrogens (tertiary/aromatic N) is 1. The Morgan fingerprint density at radius 3 is 2.76 bits per heavy atom. The number of amides is 2. The highest BCUT2D eigenvalue weighted by Crippen LogP contribution is 2.34. The van der Waals surface area contributed by atoms with Crippen LogP contribution in [0.3, 0.4) is 0 Å². The van der Waals surface area contributed by atoms with Gasteiger partial charge < -0.3 is 20.1 Å². The first kappa shape index (κ1) is 17.5. The van der Waals surface area contributed by atoms with Crippen LogP contribution in [0.15, 0.2) is 18.2 Å². The molecule has 25 heavy (non-hydrogen) atoms. The zero-order valence-electron chi connectivity index (χ0n) is 14.7. The predicted octanol–water partition coefficient (Wildman–Crippen LogP) is 0.703. The van der Waals surface area contributed by atoms with Gasteiger partial charge in [-0.2, -0.15) is 0 Å². The number of nitrogens with one attached hydrogen (secondary N) is 2. The van der Waals surface area contributed by atoms with Crippen molar-refractivity contribution in [1.82, 2.24) is 15.5 Å². The van der Waals surface area contributed by atoms with Gasteiger partial charge in [-0.3, -0.25) is 14.5 Å². The highest BCUT2D eigenvalue weighted by Gasteiger charge is 2.24. The molecule has 0 spiro atoms. The number of piperazine rings is 1. The van der Waals surface area contributed by atoms with Crippen molar-refractivity contribution in [2.75, 3.05) is 39.4 Å². The van der Waals surface area contributed by atoms with Crippen LogP contribution in [0.1, 0.15) is 25.5 Å². The first-order valence-electron chi connectivity index (χ1n) is 8.71. The van der Waals surface area contributed by atoms with Gasteiger partial charge in [0.15, 0.2) is 11.5 Å². The molecule has 7 nitrogen and oxygen atoms in total. The zero-order valence-corrected chi connectivity index (χ0v) is 14.7.